The molecule has 0 radical (unpaired) electrons. The fourth-order valence-corrected chi connectivity index (χ4v) is 0.318. The van der Waals surface area contributed by atoms with Gasteiger partial charge in [-0.1, -0.05) is 0 Å². The van der Waals surface area contributed by atoms with Crippen molar-refractivity contribution in [2.24, 2.45) is 0 Å². The van der Waals surface area contributed by atoms with Crippen LogP contribution in [0, 0.1) is 0 Å². The molecule has 13 heavy (non-hydrogen) atoms. The van der Waals surface area contributed by atoms with E-state index in [2.05, 4.69) is 0 Å². The number of alkyl halides is 3. The van der Waals surface area contributed by atoms with E-state index in [-0.39, 0.29) is 22.4 Å². The van der Waals surface area contributed by atoms with Crippen molar-refractivity contribution in [1.82, 2.24) is 0 Å². The maximum Gasteiger partial charge on any atom is 1.00 e. The number of Topliss-reactive ketones (excluding diaryl/α,β-unsaturated/α-hetero) is 2. The van der Waals surface area contributed by atoms with E-state index in [0.29, 0.717) is 0 Å². The van der Waals surface area contributed by atoms with Crippen LogP contribution in [0.4, 0.5) is 13.2 Å². The third-order valence-electron chi connectivity index (χ3n) is 0.865. The fourth-order valence-electron chi connectivity index (χ4n) is 0.318. The van der Waals surface area contributed by atoms with Gasteiger partial charge in [0.15, 0.2) is 5.78 Å². The molecule has 0 heterocycles. The van der Waals surface area contributed by atoms with Crippen molar-refractivity contribution < 1.29 is 55.0 Å². The number of carboxylic acids is 1. The largest absolute Gasteiger partial charge is 1.00 e. The first-order valence-electron chi connectivity index (χ1n) is 2.59. The van der Waals surface area contributed by atoms with Crippen LogP contribution in [-0.4, -0.2) is 23.7 Å². The molecule has 0 aliphatic rings. The van der Waals surface area contributed by atoms with Gasteiger partial charge in [0.1, 0.15) is 5.97 Å². The summed E-state index contributed by atoms with van der Waals surface area (Å²) in [5, 5.41) is 9.58. The van der Waals surface area contributed by atoms with E-state index in [1.165, 1.54) is 0 Å². The van der Waals surface area contributed by atoms with Gasteiger partial charge >= 0.3 is 28.6 Å². The molecule has 0 spiro atoms. The molecule has 0 aromatic heterocycles. The zero-order valence-corrected chi connectivity index (χ0v) is 7.26. The summed E-state index contributed by atoms with van der Waals surface area (Å²) in [6.45, 7) is 0. The number of carboxylic acid groups (broad SMARTS) is 1. The first-order chi connectivity index (χ1) is 5.25. The molecule has 0 unspecified atom stereocenters. The molecule has 0 saturated heterocycles. The van der Waals surface area contributed by atoms with Crippen LogP contribution in [0.5, 0.6) is 0 Å². The van der Waals surface area contributed by atoms with Crippen LogP contribution >= 0.6 is 0 Å². The number of aliphatic carboxylic acids is 1. The van der Waals surface area contributed by atoms with Crippen LogP contribution in [0.15, 0.2) is 0 Å². The molecular formula is C5H2AgF3O4. The van der Waals surface area contributed by atoms with Crippen molar-refractivity contribution in [3.8, 4) is 0 Å². The van der Waals surface area contributed by atoms with Gasteiger partial charge in [-0.05, 0) is 0 Å². The van der Waals surface area contributed by atoms with Crippen molar-refractivity contribution >= 4 is 17.5 Å². The first-order valence-corrected chi connectivity index (χ1v) is 2.59. The number of carbonyl (C=O) groups is 3. The Labute approximate surface area is 85.6 Å². The predicted octanol–water partition coefficient (Wildman–Crippen LogP) is -1.18. The topological polar surface area (TPSA) is 74.3 Å². The van der Waals surface area contributed by atoms with Gasteiger partial charge in [-0.25, -0.2) is 0 Å². The average Bonchev–Trinajstić information content (AvgIpc) is 1.85. The molecule has 0 aliphatic heterocycles. The SMILES string of the molecule is O=C([O-])C(=O)CC(=O)C(F)(F)F.[Ag+]. The predicted molar refractivity (Wildman–Crippen MR) is 25.7 cm³/mol. The van der Waals surface area contributed by atoms with Gasteiger partial charge in [-0.15, -0.1) is 0 Å². The van der Waals surface area contributed by atoms with Crippen molar-refractivity contribution in [3.63, 3.8) is 0 Å². The summed E-state index contributed by atoms with van der Waals surface area (Å²) in [5.74, 6) is -6.57. The third kappa shape index (κ3) is 5.56. The molecule has 8 heteroatoms. The summed E-state index contributed by atoms with van der Waals surface area (Å²) in [6.07, 6.45) is -6.88. The summed E-state index contributed by atoms with van der Waals surface area (Å²) in [6, 6.07) is 0. The van der Waals surface area contributed by atoms with Crippen LogP contribution in [0.1, 0.15) is 6.42 Å². The Hall–Kier alpha value is -0.660. The van der Waals surface area contributed by atoms with Gasteiger partial charge in [-0.2, -0.15) is 13.2 Å². The number of hydrogen-bond acceptors (Lipinski definition) is 4. The molecule has 0 aliphatic carbocycles. The molecule has 78 valence electrons. The molecule has 0 atom stereocenters. The van der Waals surface area contributed by atoms with Crippen molar-refractivity contribution in [1.29, 1.82) is 0 Å². The van der Waals surface area contributed by atoms with Crippen molar-refractivity contribution in [2.45, 2.75) is 12.6 Å². The second kappa shape index (κ2) is 5.15. The van der Waals surface area contributed by atoms with Crippen LogP contribution in [0.25, 0.3) is 0 Å². The van der Waals surface area contributed by atoms with Gasteiger partial charge < -0.3 is 9.90 Å². The normalized spacial score (nSPS) is 10.1. The van der Waals surface area contributed by atoms with Crippen LogP contribution in [0.2, 0.25) is 0 Å². The van der Waals surface area contributed by atoms with E-state index < -0.39 is 30.1 Å². The summed E-state index contributed by atoms with van der Waals surface area (Å²) in [7, 11) is 0. The average molecular weight is 291 g/mol. The van der Waals surface area contributed by atoms with Gasteiger partial charge in [-0.3, -0.25) is 9.59 Å². The minimum Gasteiger partial charge on any atom is -0.542 e. The third-order valence-corrected chi connectivity index (χ3v) is 0.865. The molecular weight excluding hydrogens is 289 g/mol. The maximum absolute atomic E-state index is 11.4. The number of ketones is 2. The molecule has 0 fully saturated rings. The minimum absolute atomic E-state index is 0. The Morgan fingerprint density at radius 1 is 1.15 bits per heavy atom. The van der Waals surface area contributed by atoms with Crippen LogP contribution < -0.4 is 5.11 Å². The Bertz CT molecular complexity index is 234. The van der Waals surface area contributed by atoms with Gasteiger partial charge in [0.05, 0.1) is 6.42 Å². The molecule has 0 N–H and O–H groups in total. The number of carbonyl (C=O) groups excluding carboxylic acids is 3. The Morgan fingerprint density at radius 2 is 1.54 bits per heavy atom. The Morgan fingerprint density at radius 3 is 1.77 bits per heavy atom. The molecule has 0 bridgehead atoms. The molecule has 0 saturated carbocycles. The fraction of sp³-hybridized carbons (Fsp3) is 0.400. The molecule has 0 amide bonds. The second-order valence-corrected chi connectivity index (χ2v) is 1.81. The zero-order chi connectivity index (χ0) is 9.94. The number of rotatable bonds is 3. The van der Waals surface area contributed by atoms with E-state index in [1.807, 2.05) is 0 Å². The van der Waals surface area contributed by atoms with E-state index >= 15 is 0 Å². The van der Waals surface area contributed by atoms with E-state index in [1.54, 1.807) is 0 Å². The quantitative estimate of drug-likeness (QED) is 0.373. The summed E-state index contributed by atoms with van der Waals surface area (Å²) in [5.41, 5.74) is 0. The Balaban J connectivity index is 0. The molecule has 0 aromatic rings. The van der Waals surface area contributed by atoms with Crippen LogP contribution in [0.3, 0.4) is 0 Å². The van der Waals surface area contributed by atoms with E-state index in [0.717, 1.165) is 0 Å². The molecule has 0 aromatic carbocycles. The van der Waals surface area contributed by atoms with Gasteiger partial charge in [0.25, 0.3) is 0 Å². The van der Waals surface area contributed by atoms with Gasteiger partial charge in [0.2, 0.25) is 5.78 Å². The standard InChI is InChI=1S/C5H3F3O4.Ag/c6-5(7,8)3(10)1-2(9)4(11)12;/h1H2,(H,11,12);/q;+1/p-1. The first kappa shape index (κ1) is 14.8. The number of hydrogen-bond donors (Lipinski definition) is 0. The van der Waals surface area contributed by atoms with Crippen molar-refractivity contribution in [3.05, 3.63) is 0 Å². The zero-order valence-electron chi connectivity index (χ0n) is 5.78. The monoisotopic (exact) mass is 290 g/mol. The molecule has 4 nitrogen and oxygen atoms in total. The second-order valence-electron chi connectivity index (χ2n) is 1.81. The van der Waals surface area contributed by atoms with Crippen LogP contribution in [-0.2, 0) is 36.8 Å². The van der Waals surface area contributed by atoms with Gasteiger partial charge in [0, 0.05) is 0 Å². The van der Waals surface area contributed by atoms with Crippen molar-refractivity contribution in [2.75, 3.05) is 0 Å². The van der Waals surface area contributed by atoms with E-state index in [4.69, 9.17) is 0 Å². The smallest absolute Gasteiger partial charge is 0.542 e. The summed E-state index contributed by atoms with van der Waals surface area (Å²) >= 11 is 0. The molecule has 0 rings (SSSR count). The summed E-state index contributed by atoms with van der Waals surface area (Å²) < 4.78 is 34.1. The van der Waals surface area contributed by atoms with E-state index in [9.17, 15) is 32.7 Å². The minimum atomic E-state index is -5.18. The number of halogens is 3. The summed E-state index contributed by atoms with van der Waals surface area (Å²) in [4.78, 5) is 29.5. The maximum atomic E-state index is 11.4. The Kier molecular flexibility index (Phi) is 5.88.